The Morgan fingerprint density at radius 1 is 1.08 bits per heavy atom. The molecule has 0 bridgehead atoms. The molecule has 0 radical (unpaired) electrons. The first-order valence-corrected chi connectivity index (χ1v) is 6.86. The summed E-state index contributed by atoms with van der Waals surface area (Å²) in [7, 11) is 0. The SMILES string of the molecule is O=C(O)Cc1cc(O)c(-c2nc3c(C(=O)O)cccc3[nH]2)cc1O. The number of benzene rings is 2. The number of hydrogen-bond acceptors (Lipinski definition) is 5. The van der Waals surface area contributed by atoms with Crippen molar-refractivity contribution >= 4 is 23.0 Å². The van der Waals surface area contributed by atoms with Crippen molar-refractivity contribution in [2.45, 2.75) is 6.42 Å². The van der Waals surface area contributed by atoms with Crippen LogP contribution in [0.4, 0.5) is 0 Å². The second kappa shape index (κ2) is 5.58. The number of phenols is 2. The van der Waals surface area contributed by atoms with Crippen LogP contribution in [-0.4, -0.2) is 42.3 Å². The van der Waals surface area contributed by atoms with E-state index in [1.165, 1.54) is 12.1 Å². The number of carbonyl (C=O) groups is 2. The normalized spacial score (nSPS) is 10.8. The van der Waals surface area contributed by atoms with Crippen molar-refractivity contribution in [3.63, 3.8) is 0 Å². The van der Waals surface area contributed by atoms with Crippen LogP contribution in [0.1, 0.15) is 15.9 Å². The molecule has 122 valence electrons. The van der Waals surface area contributed by atoms with Gasteiger partial charge in [0.05, 0.1) is 23.1 Å². The molecule has 0 amide bonds. The van der Waals surface area contributed by atoms with Gasteiger partial charge in [-0.25, -0.2) is 9.78 Å². The van der Waals surface area contributed by atoms with Gasteiger partial charge in [0, 0.05) is 5.56 Å². The van der Waals surface area contributed by atoms with E-state index in [-0.39, 0.29) is 39.5 Å². The number of hydrogen-bond donors (Lipinski definition) is 5. The molecule has 0 atom stereocenters. The summed E-state index contributed by atoms with van der Waals surface area (Å²) in [5.74, 6) is -2.70. The first-order chi connectivity index (χ1) is 11.4. The van der Waals surface area contributed by atoms with Gasteiger partial charge in [0.15, 0.2) is 0 Å². The fraction of sp³-hybridized carbons (Fsp3) is 0.0625. The molecule has 0 spiro atoms. The standard InChI is InChI=1S/C16H12N2O6/c19-11-6-9(12(20)4-7(11)5-13(21)22)15-17-10-3-1-2-8(16(23)24)14(10)18-15/h1-4,6,19-20H,5H2,(H,17,18)(H,21,22)(H,23,24). The van der Waals surface area contributed by atoms with Crippen LogP contribution in [-0.2, 0) is 11.2 Å². The van der Waals surface area contributed by atoms with Crippen molar-refractivity contribution in [1.29, 1.82) is 0 Å². The van der Waals surface area contributed by atoms with Gasteiger partial charge < -0.3 is 25.4 Å². The predicted octanol–water partition coefficient (Wildman–Crippen LogP) is 1.97. The number of H-pyrrole nitrogens is 1. The quantitative estimate of drug-likeness (QED) is 0.460. The van der Waals surface area contributed by atoms with Crippen molar-refractivity contribution < 1.29 is 30.0 Å². The smallest absolute Gasteiger partial charge is 0.337 e. The number of rotatable bonds is 4. The number of carboxylic acid groups (broad SMARTS) is 2. The van der Waals surface area contributed by atoms with Crippen molar-refractivity contribution in [3.8, 4) is 22.9 Å². The number of fused-ring (bicyclic) bond motifs is 1. The highest BCUT2D eigenvalue weighted by molar-refractivity contribution is 6.01. The minimum Gasteiger partial charge on any atom is -0.508 e. The molecule has 8 nitrogen and oxygen atoms in total. The Morgan fingerprint density at radius 3 is 2.50 bits per heavy atom. The summed E-state index contributed by atoms with van der Waals surface area (Å²) in [4.78, 5) is 29.0. The molecule has 24 heavy (non-hydrogen) atoms. The fourth-order valence-corrected chi connectivity index (χ4v) is 2.45. The number of aromatic hydroxyl groups is 2. The molecule has 0 fully saturated rings. The van der Waals surface area contributed by atoms with Gasteiger partial charge in [-0.15, -0.1) is 0 Å². The van der Waals surface area contributed by atoms with E-state index in [4.69, 9.17) is 5.11 Å². The Bertz CT molecular complexity index is 976. The Kier molecular flexibility index (Phi) is 3.57. The molecule has 0 saturated carbocycles. The minimum absolute atomic E-state index is 0.00112. The lowest BCUT2D eigenvalue weighted by molar-refractivity contribution is -0.136. The van der Waals surface area contributed by atoms with E-state index in [1.54, 1.807) is 12.1 Å². The number of aromatic nitrogens is 2. The lowest BCUT2D eigenvalue weighted by Crippen LogP contribution is -2.00. The highest BCUT2D eigenvalue weighted by atomic mass is 16.4. The predicted molar refractivity (Wildman–Crippen MR) is 83.2 cm³/mol. The monoisotopic (exact) mass is 328 g/mol. The molecular formula is C16H12N2O6. The van der Waals surface area contributed by atoms with Crippen molar-refractivity contribution in [2.75, 3.05) is 0 Å². The number of nitrogens with zero attached hydrogens (tertiary/aromatic N) is 1. The molecule has 1 aromatic heterocycles. The molecule has 3 aromatic rings. The third-order valence-corrected chi connectivity index (χ3v) is 3.54. The van der Waals surface area contributed by atoms with Crippen LogP contribution >= 0.6 is 0 Å². The highest BCUT2D eigenvalue weighted by Crippen LogP contribution is 2.35. The summed E-state index contributed by atoms with van der Waals surface area (Å²) in [5, 5.41) is 38.0. The van der Waals surface area contributed by atoms with Gasteiger partial charge in [0.2, 0.25) is 0 Å². The van der Waals surface area contributed by atoms with Gasteiger partial charge in [0.25, 0.3) is 0 Å². The van der Waals surface area contributed by atoms with E-state index in [0.29, 0.717) is 5.52 Å². The topological polar surface area (TPSA) is 144 Å². The zero-order valence-corrected chi connectivity index (χ0v) is 12.1. The molecule has 0 unspecified atom stereocenters. The van der Waals surface area contributed by atoms with E-state index in [2.05, 4.69) is 9.97 Å². The van der Waals surface area contributed by atoms with Crippen molar-refractivity contribution in [2.24, 2.45) is 0 Å². The average molecular weight is 328 g/mol. The number of nitrogens with one attached hydrogen (secondary N) is 1. The summed E-state index contributed by atoms with van der Waals surface area (Å²) < 4.78 is 0. The Labute approximate surface area is 134 Å². The maximum atomic E-state index is 11.2. The zero-order valence-electron chi connectivity index (χ0n) is 12.1. The number of imidazole rings is 1. The molecule has 0 saturated heterocycles. The Hall–Kier alpha value is -3.55. The second-order valence-corrected chi connectivity index (χ2v) is 5.16. The van der Waals surface area contributed by atoms with Gasteiger partial charge >= 0.3 is 11.9 Å². The van der Waals surface area contributed by atoms with E-state index in [0.717, 1.165) is 6.07 Å². The van der Waals surface area contributed by atoms with Crippen LogP contribution in [0, 0.1) is 0 Å². The first-order valence-electron chi connectivity index (χ1n) is 6.86. The maximum Gasteiger partial charge on any atom is 0.337 e. The lowest BCUT2D eigenvalue weighted by atomic mass is 10.1. The van der Waals surface area contributed by atoms with E-state index in [9.17, 15) is 24.9 Å². The molecule has 3 rings (SSSR count). The third kappa shape index (κ3) is 2.60. The molecule has 0 aliphatic rings. The van der Waals surface area contributed by atoms with Gasteiger partial charge in [0.1, 0.15) is 22.8 Å². The number of aromatic carboxylic acids is 1. The number of aromatic amines is 1. The van der Waals surface area contributed by atoms with Crippen LogP contribution in [0.15, 0.2) is 30.3 Å². The third-order valence-electron chi connectivity index (χ3n) is 3.54. The van der Waals surface area contributed by atoms with Crippen LogP contribution in [0.25, 0.3) is 22.4 Å². The zero-order chi connectivity index (χ0) is 17.4. The fourth-order valence-electron chi connectivity index (χ4n) is 2.45. The lowest BCUT2D eigenvalue weighted by Gasteiger charge is -2.07. The molecular weight excluding hydrogens is 316 g/mol. The first kappa shape index (κ1) is 15.3. The maximum absolute atomic E-state index is 11.2. The van der Waals surface area contributed by atoms with Crippen LogP contribution in [0.5, 0.6) is 11.5 Å². The molecule has 2 aromatic carbocycles. The summed E-state index contributed by atoms with van der Waals surface area (Å²) in [6.45, 7) is 0. The molecule has 0 aliphatic heterocycles. The molecule has 1 heterocycles. The number of para-hydroxylation sites is 1. The largest absolute Gasteiger partial charge is 0.508 e. The van der Waals surface area contributed by atoms with Crippen LogP contribution in [0.3, 0.4) is 0 Å². The van der Waals surface area contributed by atoms with Crippen molar-refractivity contribution in [1.82, 2.24) is 9.97 Å². The van der Waals surface area contributed by atoms with Gasteiger partial charge in [-0.2, -0.15) is 0 Å². The van der Waals surface area contributed by atoms with E-state index >= 15 is 0 Å². The summed E-state index contributed by atoms with van der Waals surface area (Å²) in [6, 6.07) is 6.92. The van der Waals surface area contributed by atoms with Crippen LogP contribution < -0.4 is 0 Å². The average Bonchev–Trinajstić information content (AvgIpc) is 2.93. The van der Waals surface area contributed by atoms with E-state index in [1.807, 2.05) is 0 Å². The van der Waals surface area contributed by atoms with Gasteiger partial charge in [-0.1, -0.05) is 6.07 Å². The molecule has 5 N–H and O–H groups in total. The Balaban J connectivity index is 2.14. The summed E-state index contributed by atoms with van der Waals surface area (Å²) >= 11 is 0. The number of phenolic OH excluding ortho intramolecular Hbond substituents is 2. The minimum atomic E-state index is -1.15. The number of aliphatic carboxylic acids is 1. The molecule has 0 aliphatic carbocycles. The molecule has 8 heteroatoms. The van der Waals surface area contributed by atoms with E-state index < -0.39 is 18.4 Å². The number of carboxylic acids is 2. The summed E-state index contributed by atoms with van der Waals surface area (Å²) in [6.07, 6.45) is -0.442. The van der Waals surface area contributed by atoms with Gasteiger partial charge in [-0.3, -0.25) is 4.79 Å². The Morgan fingerprint density at radius 2 is 1.83 bits per heavy atom. The van der Waals surface area contributed by atoms with Crippen LogP contribution in [0.2, 0.25) is 0 Å². The van der Waals surface area contributed by atoms with Gasteiger partial charge in [-0.05, 0) is 24.3 Å². The summed E-state index contributed by atoms with van der Waals surface area (Å²) in [5.41, 5.74) is 0.869. The highest BCUT2D eigenvalue weighted by Gasteiger charge is 2.17. The second-order valence-electron chi connectivity index (χ2n) is 5.16. The van der Waals surface area contributed by atoms with Crippen molar-refractivity contribution in [3.05, 3.63) is 41.5 Å².